The van der Waals surface area contributed by atoms with Crippen molar-refractivity contribution in [2.45, 2.75) is 0 Å². The summed E-state index contributed by atoms with van der Waals surface area (Å²) in [5, 5.41) is 0. The van der Waals surface area contributed by atoms with E-state index in [0.717, 1.165) is 5.56 Å². The number of carbonyl (C=O) groups is 2. The van der Waals surface area contributed by atoms with Gasteiger partial charge in [-0.2, -0.15) is 0 Å². The Hall–Kier alpha value is -2.68. The van der Waals surface area contributed by atoms with Crippen molar-refractivity contribution in [3.63, 3.8) is 0 Å². The fourth-order valence-electron chi connectivity index (χ4n) is 2.46. The number of carbonyl (C=O) groups excluding carboxylic acids is 2. The SMILES string of the molecule is CN(C)C=Cc1ccc2c(c1)C(=O)c1ccccc1C2=O. The molecule has 0 aliphatic heterocycles. The highest BCUT2D eigenvalue weighted by Crippen LogP contribution is 2.28. The molecule has 104 valence electrons. The Labute approximate surface area is 123 Å². The van der Waals surface area contributed by atoms with Gasteiger partial charge < -0.3 is 4.90 Å². The summed E-state index contributed by atoms with van der Waals surface area (Å²) < 4.78 is 0. The normalized spacial score (nSPS) is 13.2. The molecule has 0 saturated heterocycles. The second-order valence-corrected chi connectivity index (χ2v) is 5.29. The zero-order valence-electron chi connectivity index (χ0n) is 12.0. The third-order valence-corrected chi connectivity index (χ3v) is 3.51. The minimum Gasteiger partial charge on any atom is -0.383 e. The number of hydrogen-bond acceptors (Lipinski definition) is 3. The van der Waals surface area contributed by atoms with Crippen LogP contribution in [0.1, 0.15) is 37.4 Å². The summed E-state index contributed by atoms with van der Waals surface area (Å²) in [5.41, 5.74) is 2.86. The molecule has 1 aliphatic carbocycles. The molecule has 0 bridgehead atoms. The Morgan fingerprint density at radius 1 is 0.810 bits per heavy atom. The zero-order valence-corrected chi connectivity index (χ0v) is 12.0. The van der Waals surface area contributed by atoms with E-state index in [0.29, 0.717) is 22.3 Å². The predicted octanol–water partition coefficient (Wildman–Crippen LogP) is 2.99. The Morgan fingerprint density at radius 2 is 1.38 bits per heavy atom. The molecule has 0 fully saturated rings. The average Bonchev–Trinajstić information content (AvgIpc) is 2.50. The lowest BCUT2D eigenvalue weighted by atomic mass is 9.83. The summed E-state index contributed by atoms with van der Waals surface area (Å²) in [5.74, 6) is -0.163. The van der Waals surface area contributed by atoms with E-state index < -0.39 is 0 Å². The quantitative estimate of drug-likeness (QED) is 0.722. The third kappa shape index (κ3) is 2.27. The highest BCUT2D eigenvalue weighted by molar-refractivity contribution is 6.28. The maximum absolute atomic E-state index is 12.6. The summed E-state index contributed by atoms with van der Waals surface area (Å²) >= 11 is 0. The maximum atomic E-state index is 12.6. The van der Waals surface area contributed by atoms with Gasteiger partial charge in [-0.25, -0.2) is 0 Å². The number of benzene rings is 2. The first kappa shape index (κ1) is 13.3. The van der Waals surface area contributed by atoms with Crippen LogP contribution in [0.15, 0.2) is 48.7 Å². The molecule has 21 heavy (non-hydrogen) atoms. The molecule has 1 aliphatic rings. The Morgan fingerprint density at radius 3 is 2.00 bits per heavy atom. The van der Waals surface area contributed by atoms with Crippen LogP contribution in [0.25, 0.3) is 6.08 Å². The highest BCUT2D eigenvalue weighted by Gasteiger charge is 2.28. The summed E-state index contributed by atoms with van der Waals surface area (Å²) in [6, 6.07) is 12.4. The molecule has 2 aromatic rings. The van der Waals surface area contributed by atoms with Crippen molar-refractivity contribution in [1.29, 1.82) is 0 Å². The van der Waals surface area contributed by atoms with Crippen molar-refractivity contribution in [3.05, 3.63) is 76.5 Å². The standard InChI is InChI=1S/C18H15NO2/c1-19(2)10-9-12-7-8-15-16(11-12)18(21)14-6-4-3-5-13(14)17(15)20/h3-11H,1-2H3. The van der Waals surface area contributed by atoms with Crippen molar-refractivity contribution in [2.75, 3.05) is 14.1 Å². The van der Waals surface area contributed by atoms with Gasteiger partial charge in [-0.1, -0.05) is 30.3 Å². The predicted molar refractivity (Wildman–Crippen MR) is 82.5 cm³/mol. The van der Waals surface area contributed by atoms with Gasteiger partial charge in [-0.3, -0.25) is 9.59 Å². The van der Waals surface area contributed by atoms with Gasteiger partial charge in [0.05, 0.1) is 0 Å². The number of ketones is 2. The van der Waals surface area contributed by atoms with E-state index in [-0.39, 0.29) is 11.6 Å². The Kier molecular flexibility index (Phi) is 3.18. The fraction of sp³-hybridized carbons (Fsp3) is 0.111. The van der Waals surface area contributed by atoms with Crippen molar-refractivity contribution in [3.8, 4) is 0 Å². The number of nitrogens with zero attached hydrogens (tertiary/aromatic N) is 1. The van der Waals surface area contributed by atoms with Crippen LogP contribution in [0, 0.1) is 0 Å². The third-order valence-electron chi connectivity index (χ3n) is 3.51. The van der Waals surface area contributed by atoms with Gasteiger partial charge >= 0.3 is 0 Å². The van der Waals surface area contributed by atoms with Gasteiger partial charge in [-0.15, -0.1) is 0 Å². The van der Waals surface area contributed by atoms with Crippen LogP contribution in [0.5, 0.6) is 0 Å². The van der Waals surface area contributed by atoms with Gasteiger partial charge in [0.2, 0.25) is 0 Å². The topological polar surface area (TPSA) is 37.4 Å². The number of rotatable bonds is 2. The van der Waals surface area contributed by atoms with Gasteiger partial charge in [0.15, 0.2) is 11.6 Å². The van der Waals surface area contributed by atoms with Crippen molar-refractivity contribution < 1.29 is 9.59 Å². The summed E-state index contributed by atoms with van der Waals surface area (Å²) in [6.07, 6.45) is 3.82. The monoisotopic (exact) mass is 277 g/mol. The molecule has 0 aromatic heterocycles. The van der Waals surface area contributed by atoms with Crippen molar-refractivity contribution in [2.24, 2.45) is 0 Å². The molecule has 0 radical (unpaired) electrons. The first-order valence-corrected chi connectivity index (χ1v) is 6.75. The lowest BCUT2D eigenvalue weighted by Gasteiger charge is -2.17. The smallest absolute Gasteiger partial charge is 0.194 e. The molecule has 3 nitrogen and oxygen atoms in total. The van der Waals surface area contributed by atoms with E-state index in [2.05, 4.69) is 0 Å². The van der Waals surface area contributed by atoms with Crippen LogP contribution in [0.2, 0.25) is 0 Å². The minimum absolute atomic E-state index is 0.0802. The molecule has 0 heterocycles. The molecule has 0 spiro atoms. The largest absolute Gasteiger partial charge is 0.383 e. The van der Waals surface area contributed by atoms with E-state index >= 15 is 0 Å². The van der Waals surface area contributed by atoms with Gasteiger partial charge in [0.1, 0.15) is 0 Å². The lowest BCUT2D eigenvalue weighted by molar-refractivity contribution is 0.0979. The molecule has 3 rings (SSSR count). The van der Waals surface area contributed by atoms with Gasteiger partial charge in [0, 0.05) is 36.3 Å². The Balaban J connectivity index is 2.11. The summed E-state index contributed by atoms with van der Waals surface area (Å²) in [4.78, 5) is 26.9. The highest BCUT2D eigenvalue weighted by atomic mass is 16.1. The van der Waals surface area contributed by atoms with Crippen molar-refractivity contribution in [1.82, 2.24) is 4.90 Å². The molecule has 3 heteroatoms. The maximum Gasteiger partial charge on any atom is 0.194 e. The van der Waals surface area contributed by atoms with Crippen LogP contribution in [-0.2, 0) is 0 Å². The number of hydrogen-bond donors (Lipinski definition) is 0. The average molecular weight is 277 g/mol. The first-order valence-electron chi connectivity index (χ1n) is 6.75. The van der Waals surface area contributed by atoms with Crippen LogP contribution < -0.4 is 0 Å². The van der Waals surface area contributed by atoms with E-state index in [9.17, 15) is 9.59 Å². The van der Waals surface area contributed by atoms with Gasteiger partial charge in [0.25, 0.3) is 0 Å². The van der Waals surface area contributed by atoms with Crippen LogP contribution in [-0.4, -0.2) is 30.6 Å². The Bertz CT molecular complexity index is 773. The van der Waals surface area contributed by atoms with E-state index in [4.69, 9.17) is 0 Å². The van der Waals surface area contributed by atoms with E-state index in [1.165, 1.54) is 0 Å². The summed E-state index contributed by atoms with van der Waals surface area (Å²) in [7, 11) is 3.86. The van der Waals surface area contributed by atoms with Crippen LogP contribution in [0.3, 0.4) is 0 Å². The zero-order chi connectivity index (χ0) is 15.0. The molecule has 0 unspecified atom stereocenters. The molecule has 2 aromatic carbocycles. The number of fused-ring (bicyclic) bond motifs is 2. The van der Waals surface area contributed by atoms with Crippen LogP contribution in [0.4, 0.5) is 0 Å². The molecular formula is C18H15NO2. The van der Waals surface area contributed by atoms with Crippen LogP contribution >= 0.6 is 0 Å². The molecule has 0 N–H and O–H groups in total. The second kappa shape index (κ2) is 5.02. The summed E-state index contributed by atoms with van der Waals surface area (Å²) in [6.45, 7) is 0. The lowest BCUT2D eigenvalue weighted by Crippen LogP contribution is -2.20. The molecule has 0 atom stereocenters. The van der Waals surface area contributed by atoms with Gasteiger partial charge in [-0.05, 0) is 30.0 Å². The molecular weight excluding hydrogens is 262 g/mol. The second-order valence-electron chi connectivity index (χ2n) is 5.29. The first-order chi connectivity index (χ1) is 10.1. The minimum atomic E-state index is -0.0831. The van der Waals surface area contributed by atoms with Crippen molar-refractivity contribution >= 4 is 17.6 Å². The fourth-order valence-corrected chi connectivity index (χ4v) is 2.46. The molecule has 0 amide bonds. The molecule has 0 saturated carbocycles. The van der Waals surface area contributed by atoms with E-state index in [1.807, 2.05) is 37.3 Å². The van der Waals surface area contributed by atoms with E-state index in [1.54, 1.807) is 36.4 Å².